The van der Waals surface area contributed by atoms with E-state index < -0.39 is 11.6 Å². The normalized spacial score (nSPS) is 21.7. The zero-order valence-corrected chi connectivity index (χ0v) is 14.3. The highest BCUT2D eigenvalue weighted by atomic mass is 19.2. The molecule has 0 spiro atoms. The highest BCUT2D eigenvalue weighted by Crippen LogP contribution is 2.34. The predicted octanol–water partition coefficient (Wildman–Crippen LogP) is 3.23. The van der Waals surface area contributed by atoms with Crippen molar-refractivity contribution in [1.82, 2.24) is 10.2 Å². The summed E-state index contributed by atoms with van der Waals surface area (Å²) in [6.07, 6.45) is 3.36. The molecule has 0 bridgehead atoms. The largest absolute Gasteiger partial charge is 0.371 e. The van der Waals surface area contributed by atoms with Crippen molar-refractivity contribution in [3.8, 4) is 0 Å². The van der Waals surface area contributed by atoms with Crippen molar-refractivity contribution in [1.29, 1.82) is 0 Å². The molecule has 3 rings (SSSR count). The number of hydrogen-bond donors (Lipinski definition) is 1. The average molecular weight is 337 g/mol. The van der Waals surface area contributed by atoms with Gasteiger partial charge in [-0.25, -0.2) is 13.6 Å². The third kappa shape index (κ3) is 3.79. The van der Waals surface area contributed by atoms with Gasteiger partial charge in [0.1, 0.15) is 0 Å². The third-order valence-electron chi connectivity index (χ3n) is 5.33. The molecular weight excluding hydrogens is 312 g/mol. The van der Waals surface area contributed by atoms with E-state index in [-0.39, 0.29) is 12.1 Å². The van der Waals surface area contributed by atoms with Gasteiger partial charge in [-0.15, -0.1) is 0 Å². The Balaban J connectivity index is 1.47. The lowest BCUT2D eigenvalue weighted by molar-refractivity contribution is 0.186. The SMILES string of the molecule is CC(C1CC1)N(C)C(=O)NCC1CCN(c2ccc(F)c(F)c2)C1. The van der Waals surface area contributed by atoms with Crippen LogP contribution in [0.5, 0.6) is 0 Å². The van der Waals surface area contributed by atoms with Crippen LogP contribution in [-0.2, 0) is 0 Å². The number of amides is 2. The van der Waals surface area contributed by atoms with Crippen molar-refractivity contribution >= 4 is 11.7 Å². The fourth-order valence-electron chi connectivity index (χ4n) is 3.35. The molecule has 2 amide bonds. The molecule has 0 aromatic heterocycles. The van der Waals surface area contributed by atoms with Crippen molar-refractivity contribution in [3.63, 3.8) is 0 Å². The maximum Gasteiger partial charge on any atom is 0.317 e. The van der Waals surface area contributed by atoms with Crippen LogP contribution in [0.15, 0.2) is 18.2 Å². The van der Waals surface area contributed by atoms with Gasteiger partial charge in [0.2, 0.25) is 0 Å². The molecule has 24 heavy (non-hydrogen) atoms. The van der Waals surface area contributed by atoms with E-state index in [9.17, 15) is 13.6 Å². The Morgan fingerprint density at radius 1 is 1.33 bits per heavy atom. The molecule has 1 heterocycles. The first-order valence-corrected chi connectivity index (χ1v) is 8.66. The lowest BCUT2D eigenvalue weighted by atomic mass is 10.1. The summed E-state index contributed by atoms with van der Waals surface area (Å²) in [6, 6.07) is 4.26. The van der Waals surface area contributed by atoms with Crippen molar-refractivity contribution in [2.75, 3.05) is 31.6 Å². The minimum Gasteiger partial charge on any atom is -0.371 e. The summed E-state index contributed by atoms with van der Waals surface area (Å²) < 4.78 is 26.4. The van der Waals surface area contributed by atoms with Gasteiger partial charge < -0.3 is 15.1 Å². The van der Waals surface area contributed by atoms with Crippen molar-refractivity contribution in [2.45, 2.75) is 32.2 Å². The third-order valence-corrected chi connectivity index (χ3v) is 5.33. The Hall–Kier alpha value is -1.85. The summed E-state index contributed by atoms with van der Waals surface area (Å²) in [6.45, 7) is 4.24. The smallest absolute Gasteiger partial charge is 0.317 e. The quantitative estimate of drug-likeness (QED) is 0.895. The molecular formula is C18H25F2N3O. The van der Waals surface area contributed by atoms with E-state index in [2.05, 4.69) is 12.2 Å². The maximum atomic E-state index is 13.4. The van der Waals surface area contributed by atoms with Gasteiger partial charge in [0.15, 0.2) is 11.6 Å². The van der Waals surface area contributed by atoms with E-state index in [1.54, 1.807) is 11.0 Å². The summed E-state index contributed by atoms with van der Waals surface area (Å²) in [5.41, 5.74) is 0.696. The molecule has 4 nitrogen and oxygen atoms in total. The second kappa shape index (κ2) is 6.95. The predicted molar refractivity (Wildman–Crippen MR) is 90.0 cm³/mol. The van der Waals surface area contributed by atoms with Crippen LogP contribution in [0.2, 0.25) is 0 Å². The minimum absolute atomic E-state index is 0.0272. The number of carbonyl (C=O) groups is 1. The van der Waals surface area contributed by atoms with Crippen LogP contribution in [0.25, 0.3) is 0 Å². The number of hydrogen-bond acceptors (Lipinski definition) is 2. The van der Waals surface area contributed by atoms with Gasteiger partial charge in [0, 0.05) is 44.5 Å². The minimum atomic E-state index is -0.824. The standard InChI is InChI=1S/C18H25F2N3O/c1-12(14-3-4-14)22(2)18(24)21-10-13-7-8-23(11-13)15-5-6-16(19)17(20)9-15/h5-6,9,12-14H,3-4,7-8,10-11H2,1-2H3,(H,21,24). The molecule has 1 aromatic rings. The van der Waals surface area contributed by atoms with Gasteiger partial charge in [-0.05, 0) is 50.2 Å². The number of urea groups is 1. The van der Waals surface area contributed by atoms with Gasteiger partial charge in [-0.1, -0.05) is 0 Å². The van der Waals surface area contributed by atoms with Gasteiger partial charge in [0.25, 0.3) is 0 Å². The maximum absolute atomic E-state index is 13.4. The first kappa shape index (κ1) is 17.0. The summed E-state index contributed by atoms with van der Waals surface area (Å²) >= 11 is 0. The van der Waals surface area contributed by atoms with E-state index >= 15 is 0 Å². The summed E-state index contributed by atoms with van der Waals surface area (Å²) in [7, 11) is 1.85. The number of rotatable bonds is 5. The first-order chi connectivity index (χ1) is 11.5. The highest BCUT2D eigenvalue weighted by molar-refractivity contribution is 5.74. The topological polar surface area (TPSA) is 35.6 Å². The molecule has 1 aliphatic heterocycles. The molecule has 1 saturated heterocycles. The zero-order chi connectivity index (χ0) is 17.3. The van der Waals surface area contributed by atoms with E-state index in [4.69, 9.17) is 0 Å². The lowest BCUT2D eigenvalue weighted by Crippen LogP contribution is -2.44. The van der Waals surface area contributed by atoms with Crippen molar-refractivity contribution in [2.24, 2.45) is 11.8 Å². The van der Waals surface area contributed by atoms with Crippen LogP contribution < -0.4 is 10.2 Å². The average Bonchev–Trinajstić information content (AvgIpc) is 3.32. The molecule has 132 valence electrons. The monoisotopic (exact) mass is 337 g/mol. The molecule has 2 unspecified atom stereocenters. The van der Waals surface area contributed by atoms with Gasteiger partial charge in [-0.2, -0.15) is 0 Å². The van der Waals surface area contributed by atoms with Gasteiger partial charge in [-0.3, -0.25) is 0 Å². The fourth-order valence-corrected chi connectivity index (χ4v) is 3.35. The Morgan fingerprint density at radius 2 is 2.08 bits per heavy atom. The van der Waals surface area contributed by atoms with Gasteiger partial charge in [0.05, 0.1) is 0 Å². The van der Waals surface area contributed by atoms with Crippen molar-refractivity contribution < 1.29 is 13.6 Å². The van der Waals surface area contributed by atoms with E-state index in [1.165, 1.54) is 18.9 Å². The highest BCUT2D eigenvalue weighted by Gasteiger charge is 2.32. The Labute approximate surface area is 141 Å². The molecule has 1 aromatic carbocycles. The molecule has 2 atom stereocenters. The number of benzene rings is 1. The number of nitrogens with zero attached hydrogens (tertiary/aromatic N) is 2. The fraction of sp³-hybridized carbons (Fsp3) is 0.611. The van der Waals surface area contributed by atoms with Crippen LogP contribution >= 0.6 is 0 Å². The van der Waals surface area contributed by atoms with Crippen LogP contribution in [-0.4, -0.2) is 43.7 Å². The number of carbonyl (C=O) groups excluding carboxylic acids is 1. The Morgan fingerprint density at radius 3 is 2.75 bits per heavy atom. The van der Waals surface area contributed by atoms with E-state index in [0.717, 1.165) is 25.6 Å². The molecule has 0 radical (unpaired) electrons. The molecule has 1 N–H and O–H groups in total. The van der Waals surface area contributed by atoms with Crippen LogP contribution in [0, 0.1) is 23.5 Å². The van der Waals surface area contributed by atoms with Crippen molar-refractivity contribution in [3.05, 3.63) is 29.8 Å². The van der Waals surface area contributed by atoms with E-state index in [0.29, 0.717) is 24.1 Å². The second-order valence-electron chi connectivity index (χ2n) is 7.07. The Bertz CT molecular complexity index is 606. The summed E-state index contributed by atoms with van der Waals surface area (Å²) in [5, 5.41) is 3.01. The molecule has 2 fully saturated rings. The number of anilines is 1. The van der Waals surface area contributed by atoms with E-state index in [1.807, 2.05) is 11.9 Å². The Kier molecular flexibility index (Phi) is 4.92. The second-order valence-corrected chi connectivity index (χ2v) is 7.07. The van der Waals surface area contributed by atoms with Gasteiger partial charge >= 0.3 is 6.03 Å². The van der Waals surface area contributed by atoms with Crippen LogP contribution in [0.4, 0.5) is 19.3 Å². The molecule has 6 heteroatoms. The summed E-state index contributed by atoms with van der Waals surface area (Å²) in [4.78, 5) is 16.0. The lowest BCUT2D eigenvalue weighted by Gasteiger charge is -2.26. The van der Waals surface area contributed by atoms with Crippen LogP contribution in [0.1, 0.15) is 26.2 Å². The zero-order valence-electron chi connectivity index (χ0n) is 14.3. The molecule has 1 saturated carbocycles. The van der Waals surface area contributed by atoms with Crippen LogP contribution in [0.3, 0.4) is 0 Å². The molecule has 1 aliphatic carbocycles. The molecule has 2 aliphatic rings. The first-order valence-electron chi connectivity index (χ1n) is 8.66. The summed E-state index contributed by atoms with van der Waals surface area (Å²) in [5.74, 6) is -0.669. The number of halogens is 2. The number of nitrogens with one attached hydrogen (secondary N) is 1.